The molecule has 0 unspecified atom stereocenters. The molecule has 2 N–H and O–H groups in total. The molecule has 0 aliphatic carbocycles. The lowest BCUT2D eigenvalue weighted by atomic mass is 10.2. The number of aromatic nitrogens is 1. The molecule has 0 aliphatic rings. The molecule has 0 radical (unpaired) electrons. The molecular formula is C12H10BrClN2O2S. The molecule has 2 aromatic heterocycles. The van der Waals surface area contributed by atoms with Gasteiger partial charge < -0.3 is 10.4 Å². The van der Waals surface area contributed by atoms with Gasteiger partial charge in [-0.05, 0) is 46.6 Å². The Labute approximate surface area is 127 Å². The summed E-state index contributed by atoms with van der Waals surface area (Å²) in [6.45, 7) is 0.666. The van der Waals surface area contributed by atoms with Crippen LogP contribution in [0.2, 0.25) is 5.15 Å². The number of nitrogens with zero attached hydrogens (tertiary/aromatic N) is 1. The second kappa shape index (κ2) is 6.36. The maximum atomic E-state index is 10.9. The third-order valence-corrected chi connectivity index (χ3v) is 4.22. The number of halogens is 2. The van der Waals surface area contributed by atoms with Gasteiger partial charge in [-0.2, -0.15) is 0 Å². The minimum absolute atomic E-state index is 0.126. The first-order valence-electron chi connectivity index (χ1n) is 5.43. The number of nitrogens with one attached hydrogen (secondary N) is 1. The van der Waals surface area contributed by atoms with Crippen LogP contribution in [0.25, 0.3) is 0 Å². The molecule has 2 heterocycles. The van der Waals surface area contributed by atoms with Gasteiger partial charge in [0.15, 0.2) is 0 Å². The van der Waals surface area contributed by atoms with Crippen LogP contribution in [0.1, 0.15) is 15.2 Å². The van der Waals surface area contributed by atoms with Gasteiger partial charge in [0.2, 0.25) is 0 Å². The topological polar surface area (TPSA) is 62.2 Å². The highest BCUT2D eigenvalue weighted by atomic mass is 79.9. The Bertz CT molecular complexity index is 603. The van der Waals surface area contributed by atoms with E-state index in [1.54, 1.807) is 11.3 Å². The SMILES string of the molecule is O=C(O)c1cc(Cl)nc(NCCc2ccc(Br)s2)c1. The van der Waals surface area contributed by atoms with Gasteiger partial charge in [-0.25, -0.2) is 9.78 Å². The summed E-state index contributed by atoms with van der Waals surface area (Å²) in [5.74, 6) is -0.546. The van der Waals surface area contributed by atoms with Crippen molar-refractivity contribution < 1.29 is 9.90 Å². The summed E-state index contributed by atoms with van der Waals surface area (Å²) in [6.07, 6.45) is 0.840. The Kier molecular flexibility index (Phi) is 4.79. The van der Waals surface area contributed by atoms with E-state index in [4.69, 9.17) is 16.7 Å². The van der Waals surface area contributed by atoms with Crippen molar-refractivity contribution in [1.29, 1.82) is 0 Å². The molecule has 0 aromatic carbocycles. The van der Waals surface area contributed by atoms with E-state index in [9.17, 15) is 4.79 Å². The Hall–Kier alpha value is -1.11. The molecule has 0 atom stereocenters. The molecule has 2 aromatic rings. The van der Waals surface area contributed by atoms with Crippen molar-refractivity contribution in [3.63, 3.8) is 0 Å². The van der Waals surface area contributed by atoms with Gasteiger partial charge in [0.25, 0.3) is 0 Å². The summed E-state index contributed by atoms with van der Waals surface area (Å²) < 4.78 is 1.09. The number of hydrogen-bond acceptors (Lipinski definition) is 4. The normalized spacial score (nSPS) is 10.4. The van der Waals surface area contributed by atoms with E-state index in [1.165, 1.54) is 17.0 Å². The zero-order chi connectivity index (χ0) is 13.8. The predicted octanol–water partition coefficient (Wildman–Crippen LogP) is 3.91. The van der Waals surface area contributed by atoms with Crippen LogP contribution >= 0.6 is 38.9 Å². The number of carboxylic acid groups (broad SMARTS) is 1. The van der Waals surface area contributed by atoms with Gasteiger partial charge in [0.1, 0.15) is 11.0 Å². The Balaban J connectivity index is 1.97. The highest BCUT2D eigenvalue weighted by Crippen LogP contribution is 2.22. The second-order valence-electron chi connectivity index (χ2n) is 3.75. The van der Waals surface area contributed by atoms with Crippen molar-refractivity contribution in [3.05, 3.63) is 43.6 Å². The van der Waals surface area contributed by atoms with Gasteiger partial charge >= 0.3 is 5.97 Å². The molecule has 2 rings (SSSR count). The molecule has 0 saturated carbocycles. The second-order valence-corrected chi connectivity index (χ2v) is 6.69. The number of carbonyl (C=O) groups is 1. The molecule has 4 nitrogen and oxygen atoms in total. The lowest BCUT2D eigenvalue weighted by Crippen LogP contribution is -2.07. The Morgan fingerprint density at radius 2 is 2.26 bits per heavy atom. The van der Waals surface area contributed by atoms with Gasteiger partial charge in [0, 0.05) is 11.4 Å². The molecule has 0 fully saturated rings. The number of anilines is 1. The third-order valence-electron chi connectivity index (χ3n) is 2.35. The molecule has 19 heavy (non-hydrogen) atoms. The fourth-order valence-electron chi connectivity index (χ4n) is 1.51. The third kappa shape index (κ3) is 4.19. The molecule has 0 saturated heterocycles. The van der Waals surface area contributed by atoms with Crippen molar-refractivity contribution in [2.45, 2.75) is 6.42 Å². The zero-order valence-electron chi connectivity index (χ0n) is 9.69. The Morgan fingerprint density at radius 1 is 1.47 bits per heavy atom. The van der Waals surface area contributed by atoms with Gasteiger partial charge in [-0.15, -0.1) is 11.3 Å². The first-order chi connectivity index (χ1) is 9.04. The van der Waals surface area contributed by atoms with Crippen molar-refractivity contribution in [1.82, 2.24) is 4.98 Å². The van der Waals surface area contributed by atoms with Crippen molar-refractivity contribution in [2.24, 2.45) is 0 Å². The van der Waals surface area contributed by atoms with E-state index in [0.717, 1.165) is 10.2 Å². The van der Waals surface area contributed by atoms with Crippen molar-refractivity contribution in [3.8, 4) is 0 Å². The first-order valence-corrected chi connectivity index (χ1v) is 7.42. The number of hydrogen-bond donors (Lipinski definition) is 2. The van der Waals surface area contributed by atoms with E-state index < -0.39 is 5.97 Å². The number of thiophene rings is 1. The average Bonchev–Trinajstić information content (AvgIpc) is 2.74. The lowest BCUT2D eigenvalue weighted by Gasteiger charge is -2.06. The van der Waals surface area contributed by atoms with Crippen LogP contribution in [0, 0.1) is 0 Å². The van der Waals surface area contributed by atoms with Crippen LogP contribution < -0.4 is 5.32 Å². The van der Waals surface area contributed by atoms with E-state index in [2.05, 4.69) is 26.2 Å². The summed E-state index contributed by atoms with van der Waals surface area (Å²) >= 11 is 10.9. The van der Waals surface area contributed by atoms with E-state index >= 15 is 0 Å². The van der Waals surface area contributed by atoms with E-state index in [1.807, 2.05) is 12.1 Å². The number of carboxylic acids is 1. The summed E-state index contributed by atoms with van der Waals surface area (Å²) in [5.41, 5.74) is 0.126. The highest BCUT2D eigenvalue weighted by Gasteiger charge is 2.07. The minimum Gasteiger partial charge on any atom is -0.478 e. The predicted molar refractivity (Wildman–Crippen MR) is 80.4 cm³/mol. The molecular weight excluding hydrogens is 352 g/mol. The molecule has 7 heteroatoms. The Morgan fingerprint density at radius 3 is 2.89 bits per heavy atom. The van der Waals surface area contributed by atoms with Crippen LogP contribution in [-0.4, -0.2) is 22.6 Å². The molecule has 0 aliphatic heterocycles. The molecule has 0 bridgehead atoms. The number of aromatic carboxylic acids is 1. The van der Waals surface area contributed by atoms with Gasteiger partial charge in [-0.3, -0.25) is 0 Å². The summed E-state index contributed by atoms with van der Waals surface area (Å²) in [5, 5.41) is 12.2. The quantitative estimate of drug-likeness (QED) is 0.793. The monoisotopic (exact) mass is 360 g/mol. The lowest BCUT2D eigenvalue weighted by molar-refractivity contribution is 0.0697. The largest absolute Gasteiger partial charge is 0.478 e. The summed E-state index contributed by atoms with van der Waals surface area (Å²) in [4.78, 5) is 16.2. The van der Waals surface area contributed by atoms with Crippen LogP contribution in [0.3, 0.4) is 0 Å². The summed E-state index contributed by atoms with van der Waals surface area (Å²) in [7, 11) is 0. The number of rotatable bonds is 5. The number of pyridine rings is 1. The van der Waals surface area contributed by atoms with Gasteiger partial charge in [-0.1, -0.05) is 11.6 Å². The maximum absolute atomic E-state index is 10.9. The van der Waals surface area contributed by atoms with Crippen molar-refractivity contribution >= 4 is 50.7 Å². The first kappa shape index (κ1) is 14.3. The average molecular weight is 362 g/mol. The van der Waals surface area contributed by atoms with Crippen LogP contribution in [0.15, 0.2) is 28.1 Å². The highest BCUT2D eigenvalue weighted by molar-refractivity contribution is 9.11. The van der Waals surface area contributed by atoms with Crippen LogP contribution in [-0.2, 0) is 6.42 Å². The van der Waals surface area contributed by atoms with E-state index in [-0.39, 0.29) is 10.7 Å². The van der Waals surface area contributed by atoms with Crippen LogP contribution in [0.4, 0.5) is 5.82 Å². The molecule has 0 spiro atoms. The van der Waals surface area contributed by atoms with E-state index in [0.29, 0.717) is 12.4 Å². The summed E-state index contributed by atoms with van der Waals surface area (Å²) in [6, 6.07) is 6.84. The zero-order valence-corrected chi connectivity index (χ0v) is 12.8. The molecule has 0 amide bonds. The van der Waals surface area contributed by atoms with Crippen molar-refractivity contribution in [2.75, 3.05) is 11.9 Å². The maximum Gasteiger partial charge on any atom is 0.335 e. The van der Waals surface area contributed by atoms with Crippen LogP contribution in [0.5, 0.6) is 0 Å². The fraction of sp³-hybridized carbons (Fsp3) is 0.167. The fourth-order valence-corrected chi connectivity index (χ4v) is 3.20. The standard InChI is InChI=1S/C12H10BrClN2O2S/c13-9-2-1-8(19-9)3-4-15-11-6-7(12(17)18)5-10(14)16-11/h1-2,5-6H,3-4H2,(H,15,16)(H,17,18). The minimum atomic E-state index is -1.02. The smallest absolute Gasteiger partial charge is 0.335 e. The molecule has 100 valence electrons. The van der Waals surface area contributed by atoms with Gasteiger partial charge in [0.05, 0.1) is 9.35 Å².